The van der Waals surface area contributed by atoms with Crippen LogP contribution in [0.25, 0.3) is 0 Å². The summed E-state index contributed by atoms with van der Waals surface area (Å²) in [6.45, 7) is 22.5. The van der Waals surface area contributed by atoms with Crippen molar-refractivity contribution in [2.24, 2.45) is 0 Å². The Balaban J connectivity index is 3.01. The first kappa shape index (κ1) is 21.2. The quantitative estimate of drug-likeness (QED) is 0.275. The van der Waals surface area contributed by atoms with Gasteiger partial charge in [-0.3, -0.25) is 0 Å². The zero-order valence-corrected chi connectivity index (χ0v) is 21.6. The van der Waals surface area contributed by atoms with Gasteiger partial charge in [0.1, 0.15) is 0 Å². The number of allylic oxidation sites excluding steroid dienone is 4. The summed E-state index contributed by atoms with van der Waals surface area (Å²) < 4.78 is 25.4. The number of hydrogen-bond acceptors (Lipinski definition) is 4. The number of rotatable bonds is 10. The Morgan fingerprint density at radius 3 is 0.958 bits per heavy atom. The van der Waals surface area contributed by atoms with Gasteiger partial charge < -0.3 is 0 Å². The van der Waals surface area contributed by atoms with E-state index in [9.17, 15) is 0 Å². The molecule has 0 N–H and O–H groups in total. The summed E-state index contributed by atoms with van der Waals surface area (Å²) >= 11 is -5.65. The van der Waals surface area contributed by atoms with Gasteiger partial charge in [0.05, 0.1) is 0 Å². The van der Waals surface area contributed by atoms with Crippen molar-refractivity contribution in [2.75, 3.05) is 0 Å². The molecule has 0 aliphatic rings. The van der Waals surface area contributed by atoms with Crippen LogP contribution in [0.5, 0.6) is 0 Å². The van der Waals surface area contributed by atoms with Crippen molar-refractivity contribution < 1.29 is 11.3 Å². The number of benzene rings is 1. The van der Waals surface area contributed by atoms with Crippen molar-refractivity contribution in [3.63, 3.8) is 0 Å². The zero-order valence-electron chi connectivity index (χ0n) is 14.7. The molecule has 0 atom stereocenters. The van der Waals surface area contributed by atoms with Crippen molar-refractivity contribution in [2.45, 2.75) is 27.7 Å². The molecule has 130 valence electrons. The van der Waals surface area contributed by atoms with Crippen molar-refractivity contribution in [1.29, 1.82) is 0 Å². The molecule has 1 rings (SSSR count). The van der Waals surface area contributed by atoms with Crippen LogP contribution >= 0.6 is 0 Å². The Morgan fingerprint density at radius 1 is 0.583 bits per heavy atom. The minimum absolute atomic E-state index is 0.658. The van der Waals surface area contributed by atoms with E-state index in [0.29, 0.717) is 23.0 Å². The molecule has 0 radical (unpaired) electrons. The van der Waals surface area contributed by atoms with Crippen molar-refractivity contribution in [3.8, 4) is 0 Å². The molecule has 0 amide bonds. The maximum atomic E-state index is 5.83. The average molecular weight is 722 g/mol. The first-order valence-corrected chi connectivity index (χ1v) is 16.4. The molecule has 0 bridgehead atoms. The van der Waals surface area contributed by atoms with E-state index in [1.54, 1.807) is 0 Å². The Morgan fingerprint density at radius 2 is 0.792 bits per heavy atom. The van der Waals surface area contributed by atoms with Gasteiger partial charge >= 0.3 is 164 Å². The molecule has 0 saturated heterocycles. The summed E-state index contributed by atoms with van der Waals surface area (Å²) in [6, 6.07) is 8.08. The van der Waals surface area contributed by atoms with Crippen LogP contribution in [0, 0.1) is 0 Å². The van der Waals surface area contributed by atoms with Gasteiger partial charge in [0, 0.05) is 0 Å². The normalized spacial score (nSPS) is 10.2. The Kier molecular flexibility index (Phi) is 9.01. The molecule has 0 aliphatic heterocycles. The van der Waals surface area contributed by atoms with E-state index in [1.165, 1.54) is 0 Å². The first-order valence-electron chi connectivity index (χ1n) is 7.23. The van der Waals surface area contributed by atoms with E-state index in [1.807, 2.05) is 52.0 Å². The van der Waals surface area contributed by atoms with E-state index in [0.717, 1.165) is 6.54 Å². The molecule has 0 heterocycles. The topological polar surface area (TPSA) is 36.9 Å². The zero-order chi connectivity index (χ0) is 18.3. The van der Waals surface area contributed by atoms with Gasteiger partial charge in [0.25, 0.3) is 0 Å². The van der Waals surface area contributed by atoms with E-state index in [4.69, 9.17) is 11.3 Å². The third kappa shape index (κ3) is 7.81. The predicted molar refractivity (Wildman–Crippen MR) is 101 cm³/mol. The third-order valence-electron chi connectivity index (χ3n) is 2.23. The Hall–Kier alpha value is -0.854. The molecule has 0 saturated carbocycles. The monoisotopic (exact) mass is 722 g/mol. The summed E-state index contributed by atoms with van der Waals surface area (Å²) in [7, 11) is 0. The van der Waals surface area contributed by atoms with Crippen LogP contribution in [0.1, 0.15) is 27.7 Å². The van der Waals surface area contributed by atoms with Crippen LogP contribution in [0.2, 0.25) is 0 Å². The second-order valence-corrected chi connectivity index (χ2v) is 16.1. The van der Waals surface area contributed by atoms with E-state index >= 15 is 0 Å². The van der Waals surface area contributed by atoms with Gasteiger partial charge in [-0.25, -0.2) is 0 Å². The summed E-state index contributed by atoms with van der Waals surface area (Å²) in [4.78, 5) is 0. The molecular weight excluding hydrogens is 698 g/mol. The molecule has 0 fully saturated rings. The van der Waals surface area contributed by atoms with Gasteiger partial charge in [-0.1, -0.05) is 0 Å². The molecular formula is C18H24Bi2O4. The third-order valence-corrected chi connectivity index (χ3v) is 15.2. The van der Waals surface area contributed by atoms with Crippen LogP contribution in [0.3, 0.4) is 0 Å². The summed E-state index contributed by atoms with van der Waals surface area (Å²) in [5, 5.41) is 0. The van der Waals surface area contributed by atoms with E-state index < -0.39 is 45.3 Å². The molecule has 24 heavy (non-hydrogen) atoms. The molecule has 0 unspecified atom stereocenters. The average Bonchev–Trinajstić information content (AvgIpc) is 2.44. The van der Waals surface area contributed by atoms with Crippen LogP contribution < -0.4 is 6.54 Å². The van der Waals surface area contributed by atoms with E-state index in [2.05, 4.69) is 26.3 Å². The molecule has 4 nitrogen and oxygen atoms in total. The predicted octanol–water partition coefficient (Wildman–Crippen LogP) is 3.28. The van der Waals surface area contributed by atoms with Crippen molar-refractivity contribution >= 4 is 51.8 Å². The number of hydrogen-bond donors (Lipinski definition) is 0. The summed E-state index contributed by atoms with van der Waals surface area (Å²) in [5.74, 6) is 2.63. The fourth-order valence-electron chi connectivity index (χ4n) is 1.51. The van der Waals surface area contributed by atoms with Gasteiger partial charge in [-0.05, 0) is 0 Å². The van der Waals surface area contributed by atoms with Gasteiger partial charge in [-0.2, -0.15) is 0 Å². The molecule has 0 aromatic heterocycles. The van der Waals surface area contributed by atoms with Crippen molar-refractivity contribution in [3.05, 3.63) is 73.6 Å². The minimum atomic E-state index is -2.83. The van der Waals surface area contributed by atoms with Crippen LogP contribution in [0.4, 0.5) is 0 Å². The molecule has 1 aromatic carbocycles. The molecule has 1 aromatic rings. The molecule has 6 heteroatoms. The summed E-state index contributed by atoms with van der Waals surface area (Å²) in [5.41, 5.74) is 0. The first-order chi connectivity index (χ1) is 11.2. The second kappa shape index (κ2) is 10.2. The fourth-order valence-corrected chi connectivity index (χ4v) is 10.9. The standard InChI is InChI=1S/C6H4.4C3H6O.2Bi/c1-2-4-6-5-3-1;4*1-3(2)4;;/h1-2,5-6H;4*4H,1H2,2H3;;/q;;;;;2*+2/p-4. The van der Waals surface area contributed by atoms with Crippen LogP contribution in [0.15, 0.2) is 73.6 Å². The Labute approximate surface area is 163 Å². The van der Waals surface area contributed by atoms with Crippen molar-refractivity contribution in [1.82, 2.24) is 0 Å². The van der Waals surface area contributed by atoms with Gasteiger partial charge in [-0.15, -0.1) is 0 Å². The molecule has 0 aliphatic carbocycles. The second-order valence-electron chi connectivity index (χ2n) is 5.20. The molecule has 0 spiro atoms. The van der Waals surface area contributed by atoms with E-state index in [-0.39, 0.29) is 0 Å². The van der Waals surface area contributed by atoms with Crippen LogP contribution in [-0.2, 0) is 11.3 Å². The fraction of sp³-hybridized carbons (Fsp3) is 0.222. The van der Waals surface area contributed by atoms with Crippen LogP contribution in [-0.4, -0.2) is 45.3 Å². The maximum absolute atomic E-state index is 5.83. The Bertz CT molecular complexity index is 535. The van der Waals surface area contributed by atoms with Gasteiger partial charge in [0.15, 0.2) is 0 Å². The van der Waals surface area contributed by atoms with Gasteiger partial charge in [0.2, 0.25) is 0 Å². The summed E-state index contributed by atoms with van der Waals surface area (Å²) in [6.07, 6.45) is 0. The SMILES string of the molecule is C=C(C)[O][Bi]([O]C(=C)C)[c]1cc[c]([Bi]([O]C(=C)C)[O]C(=C)C)cc1.